The van der Waals surface area contributed by atoms with Crippen LogP contribution >= 0.6 is 0 Å². The van der Waals surface area contributed by atoms with Crippen molar-refractivity contribution >= 4 is 5.78 Å². The molecular formula is C19H18O3. The number of aliphatic hydroxyl groups excluding tert-OH is 1. The summed E-state index contributed by atoms with van der Waals surface area (Å²) in [5.41, 5.74) is 5.28. The average molecular weight is 294 g/mol. The van der Waals surface area contributed by atoms with Crippen LogP contribution < -0.4 is 4.74 Å². The van der Waals surface area contributed by atoms with Crippen molar-refractivity contribution in [2.45, 2.75) is 26.6 Å². The quantitative estimate of drug-likeness (QED) is 0.453. The maximum atomic E-state index is 12.4. The molecule has 0 bridgehead atoms. The molecule has 3 nitrogen and oxygen atoms in total. The molecule has 22 heavy (non-hydrogen) atoms. The van der Waals surface area contributed by atoms with Crippen LogP contribution in [0.25, 0.3) is 11.1 Å². The second kappa shape index (κ2) is 5.43. The molecule has 0 fully saturated rings. The number of allylic oxidation sites excluding steroid dienone is 1. The highest BCUT2D eigenvalue weighted by molar-refractivity contribution is 6.10. The molecule has 0 aliphatic heterocycles. The van der Waals surface area contributed by atoms with Crippen LogP contribution in [0.1, 0.15) is 35.3 Å². The van der Waals surface area contributed by atoms with Crippen molar-refractivity contribution in [2.75, 3.05) is 0 Å². The lowest BCUT2D eigenvalue weighted by Gasteiger charge is -2.17. The van der Waals surface area contributed by atoms with E-state index in [-0.39, 0.29) is 5.78 Å². The topological polar surface area (TPSA) is 46.5 Å². The minimum absolute atomic E-state index is 0.158. The Balaban J connectivity index is 2.19. The highest BCUT2D eigenvalue weighted by Crippen LogP contribution is 2.43. The van der Waals surface area contributed by atoms with Gasteiger partial charge in [0.15, 0.2) is 12.1 Å². The Bertz CT molecular complexity index is 772. The predicted octanol–water partition coefficient (Wildman–Crippen LogP) is 3.73. The van der Waals surface area contributed by atoms with Crippen LogP contribution in [0.2, 0.25) is 0 Å². The molecule has 2 aromatic rings. The van der Waals surface area contributed by atoms with E-state index in [4.69, 9.17) is 4.74 Å². The number of ether oxygens (including phenoxy) is 1. The van der Waals surface area contributed by atoms with Gasteiger partial charge in [0, 0.05) is 12.0 Å². The largest absolute Gasteiger partial charge is 0.464 e. The van der Waals surface area contributed by atoms with Gasteiger partial charge in [-0.15, -0.1) is 0 Å². The van der Waals surface area contributed by atoms with E-state index in [2.05, 4.69) is 18.7 Å². The zero-order chi connectivity index (χ0) is 15.9. The van der Waals surface area contributed by atoms with Crippen LogP contribution in [0.15, 0.2) is 48.6 Å². The molecule has 0 amide bonds. The number of fused-ring (bicyclic) bond motifs is 3. The molecule has 1 aliphatic rings. The number of hydrogen-bond acceptors (Lipinski definition) is 3. The molecule has 0 saturated carbocycles. The number of rotatable bonds is 4. The standard InChI is InChI=1S/C19H18O3/c1-11(2)18(21)16-9-8-15-14-7-5-4-6-13(14)10-17(15)19(16)22-12(3)20/h4-9,12,20H,1,10H2,2-3H3. The van der Waals surface area contributed by atoms with Crippen LogP contribution in [0, 0.1) is 0 Å². The van der Waals surface area contributed by atoms with Crippen LogP contribution in [-0.2, 0) is 6.42 Å². The lowest BCUT2D eigenvalue weighted by molar-refractivity contribution is -0.00128. The van der Waals surface area contributed by atoms with Crippen molar-refractivity contribution in [2.24, 2.45) is 0 Å². The summed E-state index contributed by atoms with van der Waals surface area (Å²) in [4.78, 5) is 12.4. The highest BCUT2D eigenvalue weighted by Gasteiger charge is 2.26. The van der Waals surface area contributed by atoms with Gasteiger partial charge < -0.3 is 9.84 Å². The van der Waals surface area contributed by atoms with Gasteiger partial charge in [0.25, 0.3) is 0 Å². The zero-order valence-corrected chi connectivity index (χ0v) is 12.7. The first-order valence-corrected chi connectivity index (χ1v) is 7.28. The molecule has 112 valence electrons. The van der Waals surface area contributed by atoms with Crippen molar-refractivity contribution in [3.63, 3.8) is 0 Å². The Hall–Kier alpha value is -2.39. The fraction of sp³-hybridized carbons (Fsp3) is 0.211. The highest BCUT2D eigenvalue weighted by atomic mass is 16.6. The predicted molar refractivity (Wildman–Crippen MR) is 86.1 cm³/mol. The van der Waals surface area contributed by atoms with Crippen molar-refractivity contribution < 1.29 is 14.6 Å². The van der Waals surface area contributed by atoms with Gasteiger partial charge in [-0.1, -0.05) is 36.9 Å². The summed E-state index contributed by atoms with van der Waals surface area (Å²) in [5, 5.41) is 9.64. The molecular weight excluding hydrogens is 276 g/mol. The van der Waals surface area contributed by atoms with Crippen LogP contribution in [0.4, 0.5) is 0 Å². The Morgan fingerprint density at radius 3 is 2.64 bits per heavy atom. The molecule has 1 atom stereocenters. The van der Waals surface area contributed by atoms with E-state index in [1.165, 1.54) is 12.5 Å². The van der Waals surface area contributed by atoms with Crippen molar-refractivity contribution in [3.05, 3.63) is 65.2 Å². The minimum Gasteiger partial charge on any atom is -0.464 e. The SMILES string of the molecule is C=C(C)C(=O)c1ccc2c(c1OC(C)O)Cc1ccccc1-2. The second-order valence-corrected chi connectivity index (χ2v) is 5.63. The normalized spacial score (nSPS) is 13.2. The van der Waals surface area contributed by atoms with Gasteiger partial charge in [-0.3, -0.25) is 4.79 Å². The fourth-order valence-electron chi connectivity index (χ4n) is 2.90. The molecule has 0 saturated heterocycles. The second-order valence-electron chi connectivity index (χ2n) is 5.63. The first-order valence-electron chi connectivity index (χ1n) is 7.28. The maximum absolute atomic E-state index is 12.4. The summed E-state index contributed by atoms with van der Waals surface area (Å²) >= 11 is 0. The summed E-state index contributed by atoms with van der Waals surface area (Å²) in [6, 6.07) is 11.8. The minimum atomic E-state index is -0.980. The third-order valence-electron chi connectivity index (χ3n) is 3.86. The van der Waals surface area contributed by atoms with Gasteiger partial charge in [-0.25, -0.2) is 0 Å². The van der Waals surface area contributed by atoms with Crippen molar-refractivity contribution in [3.8, 4) is 16.9 Å². The number of ketones is 1. The molecule has 1 aliphatic carbocycles. The average Bonchev–Trinajstić information content (AvgIpc) is 2.85. The smallest absolute Gasteiger partial charge is 0.194 e. The molecule has 3 rings (SSSR count). The Labute approximate surface area is 129 Å². The van der Waals surface area contributed by atoms with E-state index in [1.807, 2.05) is 18.2 Å². The number of Topliss-reactive ketones (excluding diaryl/α,β-unsaturated/α-hetero) is 1. The monoisotopic (exact) mass is 294 g/mol. The molecule has 0 aromatic heterocycles. The van der Waals surface area contributed by atoms with E-state index in [0.29, 0.717) is 23.3 Å². The van der Waals surface area contributed by atoms with Gasteiger partial charge in [-0.2, -0.15) is 0 Å². The number of hydrogen-bond donors (Lipinski definition) is 1. The number of aliphatic hydroxyl groups is 1. The third-order valence-corrected chi connectivity index (χ3v) is 3.86. The first kappa shape index (κ1) is 14.5. The molecule has 1 N–H and O–H groups in total. The lowest BCUT2D eigenvalue weighted by atomic mass is 9.97. The molecule has 0 heterocycles. The van der Waals surface area contributed by atoms with E-state index in [1.54, 1.807) is 13.0 Å². The Morgan fingerprint density at radius 2 is 1.95 bits per heavy atom. The van der Waals surface area contributed by atoms with Crippen LogP contribution in [0.5, 0.6) is 5.75 Å². The number of carbonyl (C=O) groups is 1. The molecule has 2 aromatic carbocycles. The summed E-state index contributed by atoms with van der Waals surface area (Å²) < 4.78 is 5.58. The van der Waals surface area contributed by atoms with Gasteiger partial charge in [0.1, 0.15) is 5.75 Å². The van der Waals surface area contributed by atoms with E-state index in [0.717, 1.165) is 16.7 Å². The van der Waals surface area contributed by atoms with Crippen LogP contribution in [0.3, 0.4) is 0 Å². The Morgan fingerprint density at radius 1 is 1.23 bits per heavy atom. The summed E-state index contributed by atoms with van der Waals surface area (Å²) in [7, 11) is 0. The van der Waals surface area contributed by atoms with Gasteiger partial charge in [0.2, 0.25) is 0 Å². The number of benzene rings is 2. The van der Waals surface area contributed by atoms with E-state index < -0.39 is 6.29 Å². The lowest BCUT2D eigenvalue weighted by Crippen LogP contribution is -2.14. The van der Waals surface area contributed by atoms with Crippen molar-refractivity contribution in [1.82, 2.24) is 0 Å². The zero-order valence-electron chi connectivity index (χ0n) is 12.7. The molecule has 0 radical (unpaired) electrons. The van der Waals surface area contributed by atoms with Crippen molar-refractivity contribution in [1.29, 1.82) is 0 Å². The van der Waals surface area contributed by atoms with Gasteiger partial charge in [-0.05, 0) is 42.2 Å². The Kier molecular flexibility index (Phi) is 3.59. The molecule has 1 unspecified atom stereocenters. The maximum Gasteiger partial charge on any atom is 0.194 e. The van der Waals surface area contributed by atoms with E-state index in [9.17, 15) is 9.90 Å². The fourth-order valence-corrected chi connectivity index (χ4v) is 2.90. The molecule has 0 spiro atoms. The summed E-state index contributed by atoms with van der Waals surface area (Å²) in [6.45, 7) is 6.93. The third kappa shape index (κ3) is 2.34. The number of carbonyl (C=O) groups excluding carboxylic acids is 1. The van der Waals surface area contributed by atoms with Gasteiger partial charge >= 0.3 is 0 Å². The van der Waals surface area contributed by atoms with Gasteiger partial charge in [0.05, 0.1) is 5.56 Å². The first-order chi connectivity index (χ1) is 10.5. The summed E-state index contributed by atoms with van der Waals surface area (Å²) in [5.74, 6) is 0.311. The summed E-state index contributed by atoms with van der Waals surface area (Å²) in [6.07, 6.45) is -0.280. The van der Waals surface area contributed by atoms with E-state index >= 15 is 0 Å². The van der Waals surface area contributed by atoms with Crippen LogP contribution in [-0.4, -0.2) is 17.2 Å². The molecule has 3 heteroatoms.